The van der Waals surface area contributed by atoms with Crippen LogP contribution in [0.2, 0.25) is 0 Å². The second kappa shape index (κ2) is 10.5. The van der Waals surface area contributed by atoms with Gasteiger partial charge in [-0.2, -0.15) is 0 Å². The molecule has 3 nitrogen and oxygen atoms in total. The van der Waals surface area contributed by atoms with E-state index in [1.807, 2.05) is 48.5 Å². The number of hydrogen-bond donors (Lipinski definition) is 1. The molecule has 0 radical (unpaired) electrons. The Morgan fingerprint density at radius 3 is 2.29 bits per heavy atom. The number of likely N-dealkylation sites (tertiary alicyclic amines) is 1. The second-order valence-corrected chi connectivity index (χ2v) is 8.77. The van der Waals surface area contributed by atoms with Gasteiger partial charge in [0.25, 0.3) is 0 Å². The van der Waals surface area contributed by atoms with Gasteiger partial charge in [-0.25, -0.2) is 0 Å². The van der Waals surface area contributed by atoms with Crippen LogP contribution < -0.4 is 5.32 Å². The summed E-state index contributed by atoms with van der Waals surface area (Å²) in [7, 11) is 0. The molecule has 1 aliphatic rings. The lowest BCUT2D eigenvalue weighted by atomic mass is 10.0. The van der Waals surface area contributed by atoms with Crippen LogP contribution in [0.4, 0.5) is 0 Å². The number of benzene rings is 2. The molecular weight excluding hydrogens is 364 g/mol. The molecule has 1 fully saturated rings. The van der Waals surface area contributed by atoms with Gasteiger partial charge in [0.05, 0.1) is 0 Å². The summed E-state index contributed by atoms with van der Waals surface area (Å²) in [5.41, 5.74) is 2.41. The van der Waals surface area contributed by atoms with E-state index in [4.69, 9.17) is 0 Å². The average molecular weight is 395 g/mol. The fourth-order valence-electron chi connectivity index (χ4n) is 3.38. The number of amides is 1. The van der Waals surface area contributed by atoms with Gasteiger partial charge in [-0.15, -0.1) is 11.8 Å². The number of carbonyl (C=O) groups excluding carboxylic acids is 1. The highest BCUT2D eigenvalue weighted by molar-refractivity contribution is 8.00. The molecule has 1 unspecified atom stereocenters. The van der Waals surface area contributed by atoms with E-state index >= 15 is 0 Å². The van der Waals surface area contributed by atoms with Crippen molar-refractivity contribution in [3.05, 3.63) is 77.9 Å². The maximum atomic E-state index is 13.2. The third kappa shape index (κ3) is 6.25. The standard InChI is InChI=1S/C24H30N2OS/c1-19(2)13-16-26-17-14-21(15-18-26)25-24(27)23(20-9-5-3-6-10-20)28-22-11-7-4-8-12-22/h3-13,21,23H,14-18H2,1-2H3,(H,25,27). The van der Waals surface area contributed by atoms with Gasteiger partial charge < -0.3 is 5.32 Å². The minimum absolute atomic E-state index is 0.114. The van der Waals surface area contributed by atoms with Crippen LogP contribution in [0.25, 0.3) is 0 Å². The summed E-state index contributed by atoms with van der Waals surface area (Å²) in [6.45, 7) is 7.37. The van der Waals surface area contributed by atoms with E-state index in [0.29, 0.717) is 0 Å². The molecule has 1 saturated heterocycles. The molecule has 0 aromatic heterocycles. The Labute approximate surface area is 173 Å². The van der Waals surface area contributed by atoms with E-state index in [1.54, 1.807) is 11.8 Å². The smallest absolute Gasteiger partial charge is 0.238 e. The summed E-state index contributed by atoms with van der Waals surface area (Å²) in [5.74, 6) is 0.114. The minimum Gasteiger partial charge on any atom is -0.352 e. The summed E-state index contributed by atoms with van der Waals surface area (Å²) in [6, 6.07) is 20.5. The second-order valence-electron chi connectivity index (χ2n) is 7.59. The fourth-order valence-corrected chi connectivity index (χ4v) is 4.44. The molecule has 0 saturated carbocycles. The number of hydrogen-bond acceptors (Lipinski definition) is 3. The van der Waals surface area contributed by atoms with Gasteiger partial charge in [0.2, 0.25) is 5.91 Å². The monoisotopic (exact) mass is 394 g/mol. The predicted molar refractivity (Wildman–Crippen MR) is 119 cm³/mol. The van der Waals surface area contributed by atoms with Crippen molar-refractivity contribution in [2.24, 2.45) is 0 Å². The molecule has 28 heavy (non-hydrogen) atoms. The van der Waals surface area contributed by atoms with E-state index in [1.165, 1.54) is 5.57 Å². The molecule has 2 aromatic carbocycles. The molecule has 0 bridgehead atoms. The number of nitrogens with one attached hydrogen (secondary N) is 1. The van der Waals surface area contributed by atoms with Crippen LogP contribution in [0, 0.1) is 0 Å². The molecule has 148 valence electrons. The molecule has 1 aliphatic heterocycles. The lowest BCUT2D eigenvalue weighted by molar-refractivity contribution is -0.121. The Balaban J connectivity index is 1.61. The van der Waals surface area contributed by atoms with E-state index in [-0.39, 0.29) is 17.2 Å². The van der Waals surface area contributed by atoms with Gasteiger partial charge in [-0.05, 0) is 44.4 Å². The number of carbonyl (C=O) groups is 1. The number of piperidine rings is 1. The first-order chi connectivity index (χ1) is 13.6. The Morgan fingerprint density at radius 2 is 1.68 bits per heavy atom. The van der Waals surface area contributed by atoms with Crippen molar-refractivity contribution in [2.75, 3.05) is 19.6 Å². The molecule has 1 heterocycles. The minimum atomic E-state index is -0.229. The van der Waals surface area contributed by atoms with E-state index in [0.717, 1.165) is 42.9 Å². The first kappa shape index (κ1) is 20.7. The molecule has 1 N–H and O–H groups in total. The average Bonchev–Trinajstić information content (AvgIpc) is 2.73. The quantitative estimate of drug-likeness (QED) is 0.526. The summed E-state index contributed by atoms with van der Waals surface area (Å²) < 4.78 is 0. The Hall–Kier alpha value is -2.04. The van der Waals surface area contributed by atoms with Crippen molar-refractivity contribution in [1.82, 2.24) is 10.2 Å². The first-order valence-electron chi connectivity index (χ1n) is 10.0. The van der Waals surface area contributed by atoms with Gasteiger partial charge in [-0.3, -0.25) is 9.69 Å². The van der Waals surface area contributed by atoms with Crippen LogP contribution in [0.15, 0.2) is 77.2 Å². The molecule has 0 aliphatic carbocycles. The Morgan fingerprint density at radius 1 is 1.07 bits per heavy atom. The topological polar surface area (TPSA) is 32.3 Å². The Kier molecular flexibility index (Phi) is 7.75. The molecule has 4 heteroatoms. The van der Waals surface area contributed by atoms with E-state index in [2.05, 4.69) is 42.3 Å². The zero-order chi connectivity index (χ0) is 19.8. The number of rotatable bonds is 7. The highest BCUT2D eigenvalue weighted by Gasteiger charge is 2.26. The number of allylic oxidation sites excluding steroid dienone is 1. The summed E-state index contributed by atoms with van der Waals surface area (Å²) in [4.78, 5) is 16.7. The predicted octanol–water partition coefficient (Wildman–Crippen LogP) is 5.07. The van der Waals surface area contributed by atoms with Gasteiger partial charge in [0.15, 0.2) is 0 Å². The third-order valence-corrected chi connectivity index (χ3v) is 6.30. The van der Waals surface area contributed by atoms with Crippen molar-refractivity contribution in [1.29, 1.82) is 0 Å². The van der Waals surface area contributed by atoms with Crippen molar-refractivity contribution in [3.8, 4) is 0 Å². The molecule has 1 amide bonds. The number of nitrogens with zero attached hydrogens (tertiary/aromatic N) is 1. The van der Waals surface area contributed by atoms with Crippen LogP contribution in [0.1, 0.15) is 37.5 Å². The van der Waals surface area contributed by atoms with Crippen LogP contribution in [-0.2, 0) is 4.79 Å². The normalized spacial score (nSPS) is 16.4. The summed E-state index contributed by atoms with van der Waals surface area (Å²) >= 11 is 1.62. The largest absolute Gasteiger partial charge is 0.352 e. The zero-order valence-electron chi connectivity index (χ0n) is 16.8. The van der Waals surface area contributed by atoms with Crippen molar-refractivity contribution < 1.29 is 4.79 Å². The van der Waals surface area contributed by atoms with Crippen LogP contribution >= 0.6 is 11.8 Å². The summed E-state index contributed by atoms with van der Waals surface area (Å²) in [6.07, 6.45) is 4.31. The van der Waals surface area contributed by atoms with Crippen LogP contribution in [-0.4, -0.2) is 36.5 Å². The molecule has 0 spiro atoms. The van der Waals surface area contributed by atoms with Crippen LogP contribution in [0.5, 0.6) is 0 Å². The maximum Gasteiger partial charge on any atom is 0.238 e. The highest BCUT2D eigenvalue weighted by atomic mass is 32.2. The van der Waals surface area contributed by atoms with E-state index < -0.39 is 0 Å². The molecular formula is C24H30N2OS. The van der Waals surface area contributed by atoms with Gasteiger partial charge in [0.1, 0.15) is 5.25 Å². The SMILES string of the molecule is CC(C)=CCN1CCC(NC(=O)C(Sc2ccccc2)c2ccccc2)CC1. The first-order valence-corrected chi connectivity index (χ1v) is 10.9. The summed E-state index contributed by atoms with van der Waals surface area (Å²) in [5, 5.41) is 3.09. The third-order valence-electron chi connectivity index (χ3n) is 5.03. The van der Waals surface area contributed by atoms with Gasteiger partial charge >= 0.3 is 0 Å². The van der Waals surface area contributed by atoms with Crippen molar-refractivity contribution in [2.45, 2.75) is 42.9 Å². The molecule has 1 atom stereocenters. The molecule has 3 rings (SSSR count). The van der Waals surface area contributed by atoms with Crippen LogP contribution in [0.3, 0.4) is 0 Å². The number of thioether (sulfide) groups is 1. The lowest BCUT2D eigenvalue weighted by Crippen LogP contribution is -2.45. The lowest BCUT2D eigenvalue weighted by Gasteiger charge is -2.32. The van der Waals surface area contributed by atoms with E-state index in [9.17, 15) is 4.79 Å². The molecule has 2 aromatic rings. The van der Waals surface area contributed by atoms with Crippen molar-refractivity contribution in [3.63, 3.8) is 0 Å². The van der Waals surface area contributed by atoms with Gasteiger partial charge in [0, 0.05) is 30.6 Å². The fraction of sp³-hybridized carbons (Fsp3) is 0.375. The highest BCUT2D eigenvalue weighted by Crippen LogP contribution is 2.35. The maximum absolute atomic E-state index is 13.2. The van der Waals surface area contributed by atoms with Crippen molar-refractivity contribution >= 4 is 17.7 Å². The zero-order valence-corrected chi connectivity index (χ0v) is 17.6. The van der Waals surface area contributed by atoms with Gasteiger partial charge in [-0.1, -0.05) is 60.2 Å². The Bertz CT molecular complexity index is 764.